The van der Waals surface area contributed by atoms with E-state index in [1.807, 2.05) is 6.92 Å². The van der Waals surface area contributed by atoms with Crippen LogP contribution in [0.4, 0.5) is 5.69 Å². The van der Waals surface area contributed by atoms with Crippen LogP contribution in [0.2, 0.25) is 5.02 Å². The number of para-hydroxylation sites is 1. The van der Waals surface area contributed by atoms with E-state index in [0.29, 0.717) is 5.56 Å². The maximum atomic E-state index is 11.0. The molecule has 2 aromatic rings. The van der Waals surface area contributed by atoms with Gasteiger partial charge < -0.3 is 10.5 Å². The van der Waals surface area contributed by atoms with Crippen molar-refractivity contribution in [2.45, 2.75) is 6.92 Å². The molecule has 2 rings (SSSR count). The fourth-order valence-electron chi connectivity index (χ4n) is 1.80. The molecule has 0 unspecified atom stereocenters. The standard InChI is InChI=1S/C14H12ClN3O3/c1-8-5-6-12(9(7-8)14(16)17)21-13-10(15)3-2-4-11(13)18(19)20/h2-7H,1H3,(H3,16,17). The number of nitrogens with two attached hydrogens (primary N) is 1. The van der Waals surface area contributed by atoms with Crippen molar-refractivity contribution < 1.29 is 9.66 Å². The number of amidine groups is 1. The van der Waals surface area contributed by atoms with E-state index in [2.05, 4.69) is 0 Å². The molecule has 0 saturated heterocycles. The van der Waals surface area contributed by atoms with E-state index < -0.39 is 4.92 Å². The average Bonchev–Trinajstić information content (AvgIpc) is 2.42. The van der Waals surface area contributed by atoms with Gasteiger partial charge in [0.05, 0.1) is 15.5 Å². The second-order valence-corrected chi connectivity index (χ2v) is 4.77. The Bertz CT molecular complexity index is 731. The third-order valence-corrected chi connectivity index (χ3v) is 3.08. The first-order chi connectivity index (χ1) is 9.90. The molecule has 6 nitrogen and oxygen atoms in total. The van der Waals surface area contributed by atoms with Crippen LogP contribution in [0.25, 0.3) is 0 Å². The number of aryl methyl sites for hydroxylation is 1. The molecular weight excluding hydrogens is 294 g/mol. The Labute approximate surface area is 125 Å². The summed E-state index contributed by atoms with van der Waals surface area (Å²) in [5.74, 6) is -0.0248. The molecule has 0 radical (unpaired) electrons. The molecule has 0 aliphatic heterocycles. The summed E-state index contributed by atoms with van der Waals surface area (Å²) in [7, 11) is 0. The number of nitro groups is 1. The van der Waals surface area contributed by atoms with Crippen LogP contribution in [0.3, 0.4) is 0 Å². The van der Waals surface area contributed by atoms with Gasteiger partial charge in [-0.15, -0.1) is 0 Å². The molecule has 3 N–H and O–H groups in total. The number of nitro benzene ring substituents is 1. The minimum atomic E-state index is -0.581. The highest BCUT2D eigenvalue weighted by molar-refractivity contribution is 6.32. The molecule has 0 saturated carbocycles. The van der Waals surface area contributed by atoms with Gasteiger partial charge in [-0.1, -0.05) is 29.3 Å². The van der Waals surface area contributed by atoms with Gasteiger partial charge in [-0.3, -0.25) is 15.5 Å². The van der Waals surface area contributed by atoms with E-state index in [0.717, 1.165) is 5.56 Å². The maximum absolute atomic E-state index is 11.0. The van der Waals surface area contributed by atoms with Crippen LogP contribution in [0.5, 0.6) is 11.5 Å². The molecule has 2 aromatic carbocycles. The lowest BCUT2D eigenvalue weighted by Crippen LogP contribution is -2.12. The third-order valence-electron chi connectivity index (χ3n) is 2.78. The van der Waals surface area contributed by atoms with Gasteiger partial charge in [0.2, 0.25) is 5.75 Å². The molecule has 0 aromatic heterocycles. The highest BCUT2D eigenvalue weighted by Gasteiger charge is 2.20. The Morgan fingerprint density at radius 1 is 1.38 bits per heavy atom. The summed E-state index contributed by atoms with van der Waals surface area (Å²) in [6.45, 7) is 1.84. The molecule has 0 aliphatic carbocycles. The van der Waals surface area contributed by atoms with Crippen molar-refractivity contribution in [1.29, 1.82) is 5.41 Å². The van der Waals surface area contributed by atoms with E-state index in [1.54, 1.807) is 18.2 Å². The summed E-state index contributed by atoms with van der Waals surface area (Å²) in [4.78, 5) is 10.5. The first kappa shape index (κ1) is 14.8. The van der Waals surface area contributed by atoms with Gasteiger partial charge >= 0.3 is 5.69 Å². The second-order valence-electron chi connectivity index (χ2n) is 4.36. The van der Waals surface area contributed by atoms with Crippen LogP contribution in [0, 0.1) is 22.4 Å². The largest absolute Gasteiger partial charge is 0.448 e. The summed E-state index contributed by atoms with van der Waals surface area (Å²) in [6, 6.07) is 9.27. The molecule has 0 heterocycles. The highest BCUT2D eigenvalue weighted by Crippen LogP contribution is 2.38. The predicted molar refractivity (Wildman–Crippen MR) is 80.4 cm³/mol. The Kier molecular flexibility index (Phi) is 4.09. The lowest BCUT2D eigenvalue weighted by molar-refractivity contribution is -0.385. The van der Waals surface area contributed by atoms with Crippen LogP contribution < -0.4 is 10.5 Å². The van der Waals surface area contributed by atoms with Crippen molar-refractivity contribution in [2.75, 3.05) is 0 Å². The van der Waals surface area contributed by atoms with Gasteiger partial charge in [0.1, 0.15) is 11.6 Å². The van der Waals surface area contributed by atoms with Crippen molar-refractivity contribution in [2.24, 2.45) is 5.73 Å². The first-order valence-corrected chi connectivity index (χ1v) is 6.33. The highest BCUT2D eigenvalue weighted by atomic mass is 35.5. The van der Waals surface area contributed by atoms with E-state index >= 15 is 0 Å². The van der Waals surface area contributed by atoms with Gasteiger partial charge in [-0.25, -0.2) is 0 Å². The zero-order valence-corrected chi connectivity index (χ0v) is 11.8. The molecule has 0 atom stereocenters. The zero-order chi connectivity index (χ0) is 15.6. The summed E-state index contributed by atoms with van der Waals surface area (Å²) in [5, 5.41) is 18.7. The predicted octanol–water partition coefficient (Wildman–Crippen LogP) is 3.63. The number of benzene rings is 2. The minimum Gasteiger partial charge on any atom is -0.448 e. The van der Waals surface area contributed by atoms with Crippen molar-refractivity contribution >= 4 is 23.1 Å². The average molecular weight is 306 g/mol. The number of hydrogen-bond donors (Lipinski definition) is 2. The summed E-state index contributed by atoms with van der Waals surface area (Å²) in [5.41, 5.74) is 6.50. The number of nitrogen functional groups attached to an aromatic ring is 1. The molecule has 21 heavy (non-hydrogen) atoms. The first-order valence-electron chi connectivity index (χ1n) is 5.96. The molecule has 0 spiro atoms. The van der Waals surface area contributed by atoms with Crippen LogP contribution in [-0.4, -0.2) is 10.8 Å². The van der Waals surface area contributed by atoms with Crippen molar-refractivity contribution in [1.82, 2.24) is 0 Å². The molecule has 0 aliphatic rings. The number of nitrogens with one attached hydrogen (secondary N) is 1. The topological polar surface area (TPSA) is 102 Å². The van der Waals surface area contributed by atoms with Crippen molar-refractivity contribution in [3.63, 3.8) is 0 Å². The molecule has 0 amide bonds. The normalized spacial score (nSPS) is 10.2. The lowest BCUT2D eigenvalue weighted by Gasteiger charge is -2.12. The molecule has 108 valence electrons. The Balaban J connectivity index is 2.53. The van der Waals surface area contributed by atoms with Crippen LogP contribution in [-0.2, 0) is 0 Å². The fourth-order valence-corrected chi connectivity index (χ4v) is 2.00. The van der Waals surface area contributed by atoms with Gasteiger partial charge in [-0.05, 0) is 25.1 Å². The summed E-state index contributed by atoms with van der Waals surface area (Å²) < 4.78 is 5.55. The second kappa shape index (κ2) is 5.80. The van der Waals surface area contributed by atoms with E-state index in [1.165, 1.54) is 18.2 Å². The van der Waals surface area contributed by atoms with Crippen LogP contribution in [0.1, 0.15) is 11.1 Å². The number of nitrogens with zero attached hydrogens (tertiary/aromatic N) is 1. The number of ether oxygens (including phenoxy) is 1. The number of rotatable bonds is 4. The summed E-state index contributed by atoms with van der Waals surface area (Å²) in [6.07, 6.45) is 0. The van der Waals surface area contributed by atoms with E-state index in [-0.39, 0.29) is 28.0 Å². The number of hydrogen-bond acceptors (Lipinski definition) is 4. The van der Waals surface area contributed by atoms with Crippen molar-refractivity contribution in [3.8, 4) is 11.5 Å². The minimum absolute atomic E-state index is 0.0736. The van der Waals surface area contributed by atoms with E-state index in [9.17, 15) is 10.1 Å². The monoisotopic (exact) mass is 305 g/mol. The Morgan fingerprint density at radius 3 is 2.71 bits per heavy atom. The lowest BCUT2D eigenvalue weighted by atomic mass is 10.1. The van der Waals surface area contributed by atoms with Crippen LogP contribution in [0.15, 0.2) is 36.4 Å². The van der Waals surface area contributed by atoms with Crippen LogP contribution >= 0.6 is 11.6 Å². The Hall–Kier alpha value is -2.60. The molecular formula is C14H12ClN3O3. The zero-order valence-electron chi connectivity index (χ0n) is 11.1. The Morgan fingerprint density at radius 2 is 2.10 bits per heavy atom. The van der Waals surface area contributed by atoms with Gasteiger partial charge in [-0.2, -0.15) is 0 Å². The third kappa shape index (κ3) is 3.11. The summed E-state index contributed by atoms with van der Waals surface area (Å²) >= 11 is 5.97. The van der Waals surface area contributed by atoms with Gasteiger partial charge in [0.15, 0.2) is 0 Å². The number of halogens is 1. The SMILES string of the molecule is Cc1ccc(Oc2c(Cl)cccc2[N+](=O)[O-])c(C(=N)N)c1. The smallest absolute Gasteiger partial charge is 0.313 e. The maximum Gasteiger partial charge on any atom is 0.313 e. The van der Waals surface area contributed by atoms with Crippen molar-refractivity contribution in [3.05, 3.63) is 62.7 Å². The molecule has 0 fully saturated rings. The quantitative estimate of drug-likeness (QED) is 0.389. The molecule has 7 heteroatoms. The fraction of sp³-hybridized carbons (Fsp3) is 0.0714. The van der Waals surface area contributed by atoms with Gasteiger partial charge in [0.25, 0.3) is 0 Å². The molecule has 0 bridgehead atoms. The van der Waals surface area contributed by atoms with Gasteiger partial charge in [0, 0.05) is 6.07 Å². The van der Waals surface area contributed by atoms with E-state index in [4.69, 9.17) is 27.5 Å².